The monoisotopic (exact) mass is 430 g/mol. The Morgan fingerprint density at radius 1 is 1.06 bits per heavy atom. The van der Waals surface area contributed by atoms with Crippen molar-refractivity contribution in [2.75, 3.05) is 0 Å². The molecular formula is C25H19FN2O2S. The summed E-state index contributed by atoms with van der Waals surface area (Å²) in [6.45, 7) is 4.24. The minimum atomic E-state index is -0.281. The van der Waals surface area contributed by atoms with Crippen molar-refractivity contribution >= 4 is 33.4 Å². The van der Waals surface area contributed by atoms with Gasteiger partial charge in [0, 0.05) is 5.56 Å². The number of hydrogen-bond acceptors (Lipinski definition) is 4. The van der Waals surface area contributed by atoms with E-state index in [1.165, 1.54) is 17.4 Å². The third kappa shape index (κ3) is 3.49. The topological polar surface area (TPSA) is 43.6 Å². The maximum atomic E-state index is 13.7. The molecule has 0 spiro atoms. The average molecular weight is 431 g/mol. The molecule has 154 valence electrons. The number of ether oxygens (including phenoxy) is 1. The first kappa shape index (κ1) is 19.5. The Morgan fingerprint density at radius 2 is 1.84 bits per heavy atom. The number of thiazole rings is 1. The zero-order chi connectivity index (χ0) is 21.5. The van der Waals surface area contributed by atoms with Crippen LogP contribution in [0.2, 0.25) is 0 Å². The van der Waals surface area contributed by atoms with Crippen LogP contribution in [-0.2, 0) is 6.61 Å². The fourth-order valence-electron chi connectivity index (χ4n) is 3.55. The smallest absolute Gasteiger partial charge is 0.274 e. The van der Waals surface area contributed by atoms with E-state index >= 15 is 0 Å². The zero-order valence-corrected chi connectivity index (χ0v) is 17.9. The fraction of sp³-hybridized carbons (Fsp3) is 0.120. The number of rotatable bonds is 4. The van der Waals surface area contributed by atoms with Crippen LogP contribution in [0.4, 0.5) is 4.39 Å². The largest absolute Gasteiger partial charge is 0.489 e. The van der Waals surface area contributed by atoms with Crippen molar-refractivity contribution in [2.24, 2.45) is 0 Å². The molecule has 0 unspecified atom stereocenters. The lowest BCUT2D eigenvalue weighted by Gasteiger charge is -2.07. The highest BCUT2D eigenvalue weighted by atomic mass is 32.1. The van der Waals surface area contributed by atoms with Crippen molar-refractivity contribution in [1.82, 2.24) is 9.38 Å². The minimum Gasteiger partial charge on any atom is -0.489 e. The second-order valence-corrected chi connectivity index (χ2v) is 8.48. The molecule has 2 aromatic heterocycles. The summed E-state index contributed by atoms with van der Waals surface area (Å²) in [6, 6.07) is 17.9. The van der Waals surface area contributed by atoms with Crippen molar-refractivity contribution in [2.45, 2.75) is 20.5 Å². The number of hydrogen-bond donors (Lipinski definition) is 0. The van der Waals surface area contributed by atoms with E-state index in [0.717, 1.165) is 27.7 Å². The molecule has 0 aliphatic heterocycles. The first-order valence-corrected chi connectivity index (χ1v) is 10.7. The van der Waals surface area contributed by atoms with Gasteiger partial charge >= 0.3 is 0 Å². The van der Waals surface area contributed by atoms with E-state index in [9.17, 15) is 9.18 Å². The Kier molecular flexibility index (Phi) is 4.79. The Morgan fingerprint density at radius 3 is 2.61 bits per heavy atom. The Balaban J connectivity index is 1.44. The molecule has 3 aromatic carbocycles. The standard InChI is InChI=1S/C25H19FN2O2S/c1-15-7-12-21-23(16(15)2)27-25-28(21)24(29)22(31-25)13-17-8-10-19(11-9-17)30-14-18-5-3-4-6-20(18)26/h3-13H,14H2,1-2H3/b22-13-. The van der Waals surface area contributed by atoms with Crippen molar-refractivity contribution in [1.29, 1.82) is 0 Å². The minimum absolute atomic E-state index is 0.0642. The zero-order valence-electron chi connectivity index (χ0n) is 17.1. The summed E-state index contributed by atoms with van der Waals surface area (Å²) in [6.07, 6.45) is 1.86. The van der Waals surface area contributed by atoms with E-state index in [4.69, 9.17) is 4.74 Å². The van der Waals surface area contributed by atoms with Gasteiger partial charge in [0.15, 0.2) is 4.96 Å². The highest BCUT2D eigenvalue weighted by molar-refractivity contribution is 7.15. The lowest BCUT2D eigenvalue weighted by Crippen LogP contribution is -2.22. The number of fused-ring (bicyclic) bond motifs is 3. The van der Waals surface area contributed by atoms with Crippen LogP contribution in [0.1, 0.15) is 22.3 Å². The molecule has 0 aliphatic carbocycles. The predicted molar refractivity (Wildman–Crippen MR) is 122 cm³/mol. The summed E-state index contributed by atoms with van der Waals surface area (Å²) in [5.74, 6) is 0.358. The fourth-order valence-corrected chi connectivity index (χ4v) is 4.53. The molecule has 0 amide bonds. The van der Waals surface area contributed by atoms with Gasteiger partial charge in [-0.25, -0.2) is 13.8 Å². The van der Waals surface area contributed by atoms with Crippen LogP contribution in [0, 0.1) is 19.7 Å². The number of imidazole rings is 1. The van der Waals surface area contributed by atoms with E-state index in [1.54, 1.807) is 22.6 Å². The van der Waals surface area contributed by atoms with Gasteiger partial charge in [0.05, 0.1) is 15.6 Å². The van der Waals surface area contributed by atoms with Crippen LogP contribution < -0.4 is 14.8 Å². The molecule has 0 saturated carbocycles. The summed E-state index contributed by atoms with van der Waals surface area (Å²) in [5, 5.41) is 0. The van der Waals surface area contributed by atoms with E-state index in [-0.39, 0.29) is 18.0 Å². The van der Waals surface area contributed by atoms with Gasteiger partial charge in [0.2, 0.25) is 0 Å². The molecule has 5 aromatic rings. The molecule has 0 fully saturated rings. The SMILES string of the molecule is Cc1ccc2c(nc3s/c(=C\c4ccc(OCc5ccccc5F)cc4)c(=O)n32)c1C. The molecular weight excluding hydrogens is 411 g/mol. The maximum Gasteiger partial charge on any atom is 0.274 e. The van der Waals surface area contributed by atoms with Crippen LogP contribution in [0.3, 0.4) is 0 Å². The number of benzene rings is 3. The molecule has 0 saturated heterocycles. The lowest BCUT2D eigenvalue weighted by atomic mass is 10.1. The molecule has 0 radical (unpaired) electrons. The highest BCUT2D eigenvalue weighted by Crippen LogP contribution is 2.22. The summed E-state index contributed by atoms with van der Waals surface area (Å²) in [5.41, 5.74) is 5.32. The van der Waals surface area contributed by atoms with Crippen LogP contribution in [-0.4, -0.2) is 9.38 Å². The van der Waals surface area contributed by atoms with E-state index in [1.807, 2.05) is 56.3 Å². The number of halogens is 1. The van der Waals surface area contributed by atoms with Gasteiger partial charge in [-0.1, -0.05) is 47.7 Å². The quantitative estimate of drug-likeness (QED) is 0.412. The average Bonchev–Trinajstić information content (AvgIpc) is 3.28. The van der Waals surface area contributed by atoms with Crippen LogP contribution in [0.15, 0.2) is 65.5 Å². The van der Waals surface area contributed by atoms with E-state index < -0.39 is 0 Å². The molecule has 0 aliphatic rings. The highest BCUT2D eigenvalue weighted by Gasteiger charge is 2.13. The van der Waals surface area contributed by atoms with Crippen molar-refractivity contribution in [3.8, 4) is 5.75 Å². The second kappa shape index (κ2) is 7.63. The van der Waals surface area contributed by atoms with Gasteiger partial charge in [-0.05, 0) is 60.9 Å². The first-order chi connectivity index (χ1) is 15.0. The Bertz CT molecular complexity index is 1530. The van der Waals surface area contributed by atoms with Crippen molar-refractivity contribution in [3.63, 3.8) is 0 Å². The summed E-state index contributed by atoms with van der Waals surface area (Å²) in [4.78, 5) is 18.4. The summed E-state index contributed by atoms with van der Waals surface area (Å²) < 4.78 is 21.7. The third-order valence-corrected chi connectivity index (χ3v) is 6.43. The summed E-state index contributed by atoms with van der Waals surface area (Å²) in [7, 11) is 0. The Hall–Kier alpha value is -3.51. The van der Waals surface area contributed by atoms with Crippen molar-refractivity contribution in [3.05, 3.63) is 104 Å². The van der Waals surface area contributed by atoms with Gasteiger partial charge in [-0.15, -0.1) is 0 Å². The molecule has 4 nitrogen and oxygen atoms in total. The molecule has 31 heavy (non-hydrogen) atoms. The first-order valence-electron chi connectivity index (χ1n) is 9.90. The summed E-state index contributed by atoms with van der Waals surface area (Å²) >= 11 is 1.38. The predicted octanol–water partition coefficient (Wildman–Crippen LogP) is 4.79. The van der Waals surface area contributed by atoms with Crippen LogP contribution >= 0.6 is 11.3 Å². The van der Waals surface area contributed by atoms with Gasteiger partial charge in [-0.2, -0.15) is 0 Å². The van der Waals surface area contributed by atoms with Crippen molar-refractivity contribution < 1.29 is 9.13 Å². The van der Waals surface area contributed by atoms with Crippen LogP contribution in [0.5, 0.6) is 5.75 Å². The molecule has 0 N–H and O–H groups in total. The number of aromatic nitrogens is 2. The Labute approximate surface area is 181 Å². The molecule has 5 rings (SSSR count). The lowest BCUT2D eigenvalue weighted by molar-refractivity contribution is 0.300. The third-order valence-electron chi connectivity index (χ3n) is 5.47. The molecule has 0 bridgehead atoms. The van der Waals surface area contributed by atoms with Gasteiger partial charge in [-0.3, -0.25) is 4.79 Å². The van der Waals surface area contributed by atoms with E-state index in [0.29, 0.717) is 20.8 Å². The van der Waals surface area contributed by atoms with Gasteiger partial charge in [0.1, 0.15) is 18.2 Å². The number of nitrogens with zero attached hydrogens (tertiary/aromatic N) is 2. The second-order valence-electron chi connectivity index (χ2n) is 7.47. The number of aryl methyl sites for hydroxylation is 2. The molecule has 6 heteroatoms. The van der Waals surface area contributed by atoms with Gasteiger partial charge in [0.25, 0.3) is 5.56 Å². The molecule has 2 heterocycles. The maximum absolute atomic E-state index is 13.7. The van der Waals surface area contributed by atoms with Gasteiger partial charge < -0.3 is 4.74 Å². The normalized spacial score (nSPS) is 12.2. The van der Waals surface area contributed by atoms with E-state index in [2.05, 4.69) is 4.98 Å². The van der Waals surface area contributed by atoms with Crippen LogP contribution in [0.25, 0.3) is 22.1 Å². The molecule has 0 atom stereocenters.